The molecule has 0 saturated heterocycles. The number of benzene rings is 1. The minimum Gasteiger partial charge on any atom is -0.351 e. The molecule has 23 heavy (non-hydrogen) atoms. The summed E-state index contributed by atoms with van der Waals surface area (Å²) < 4.78 is 0. The first-order valence-corrected chi connectivity index (χ1v) is 8.11. The van der Waals surface area contributed by atoms with Gasteiger partial charge in [-0.1, -0.05) is 25.5 Å². The fourth-order valence-electron chi connectivity index (χ4n) is 2.31. The van der Waals surface area contributed by atoms with Crippen LogP contribution in [0, 0.1) is 6.92 Å². The highest BCUT2D eigenvalue weighted by atomic mass is 16.1. The van der Waals surface area contributed by atoms with Crippen molar-refractivity contribution in [2.75, 3.05) is 18.0 Å². The highest BCUT2D eigenvalue weighted by Gasteiger charge is 2.13. The molecule has 5 heteroatoms. The summed E-state index contributed by atoms with van der Waals surface area (Å²) in [5.74, 6) is 0.392. The molecule has 0 radical (unpaired) electrons. The molecule has 122 valence electrons. The Labute approximate surface area is 137 Å². The molecule has 0 atom stereocenters. The van der Waals surface area contributed by atoms with Gasteiger partial charge in [0.2, 0.25) is 5.95 Å². The monoisotopic (exact) mass is 312 g/mol. The van der Waals surface area contributed by atoms with Crippen molar-refractivity contribution in [3.63, 3.8) is 0 Å². The van der Waals surface area contributed by atoms with Crippen LogP contribution in [-0.2, 0) is 0 Å². The number of nitrogens with zero attached hydrogens (tertiary/aromatic N) is 3. The lowest BCUT2D eigenvalue weighted by molar-refractivity contribution is 0.0948. The Morgan fingerprint density at radius 3 is 2.78 bits per heavy atom. The van der Waals surface area contributed by atoms with E-state index in [4.69, 9.17) is 0 Å². The van der Waals surface area contributed by atoms with Gasteiger partial charge in [0, 0.05) is 25.0 Å². The van der Waals surface area contributed by atoms with Crippen LogP contribution < -0.4 is 10.2 Å². The van der Waals surface area contributed by atoms with Gasteiger partial charge in [-0.3, -0.25) is 4.79 Å². The van der Waals surface area contributed by atoms with Gasteiger partial charge in [0.05, 0.1) is 0 Å². The van der Waals surface area contributed by atoms with Crippen LogP contribution in [0.5, 0.6) is 0 Å². The summed E-state index contributed by atoms with van der Waals surface area (Å²) in [6, 6.07) is 9.81. The number of hydrogen-bond acceptors (Lipinski definition) is 4. The zero-order valence-corrected chi connectivity index (χ0v) is 14.0. The first kappa shape index (κ1) is 16.9. The van der Waals surface area contributed by atoms with Gasteiger partial charge in [-0.25, -0.2) is 9.97 Å². The number of carbonyl (C=O) groups excluding carboxylic acids is 1. The zero-order chi connectivity index (χ0) is 16.7. The van der Waals surface area contributed by atoms with E-state index in [0.29, 0.717) is 18.2 Å². The topological polar surface area (TPSA) is 58.1 Å². The third-order valence-corrected chi connectivity index (χ3v) is 3.56. The molecule has 5 nitrogen and oxygen atoms in total. The average Bonchev–Trinajstić information content (AvgIpc) is 2.56. The quantitative estimate of drug-likeness (QED) is 0.795. The van der Waals surface area contributed by atoms with Crippen LogP contribution in [-0.4, -0.2) is 29.0 Å². The number of hydrogen-bond donors (Lipinski definition) is 1. The Hall–Kier alpha value is -2.43. The van der Waals surface area contributed by atoms with E-state index in [1.807, 2.05) is 24.0 Å². The van der Waals surface area contributed by atoms with Crippen molar-refractivity contribution in [2.24, 2.45) is 0 Å². The van der Waals surface area contributed by atoms with Crippen LogP contribution in [0.3, 0.4) is 0 Å². The molecule has 1 N–H and O–H groups in total. The molecule has 2 aromatic rings. The van der Waals surface area contributed by atoms with Crippen molar-refractivity contribution in [3.05, 3.63) is 47.8 Å². The lowest BCUT2D eigenvalue weighted by Gasteiger charge is -2.21. The molecule has 1 aromatic carbocycles. The first-order chi connectivity index (χ1) is 11.2. The smallest absolute Gasteiger partial charge is 0.270 e. The lowest BCUT2D eigenvalue weighted by Crippen LogP contribution is -2.26. The maximum Gasteiger partial charge on any atom is 0.270 e. The molecule has 1 amide bonds. The minimum absolute atomic E-state index is 0.151. The summed E-state index contributed by atoms with van der Waals surface area (Å²) in [5, 5.41) is 2.89. The predicted molar refractivity (Wildman–Crippen MR) is 93.1 cm³/mol. The van der Waals surface area contributed by atoms with Crippen LogP contribution in [0.2, 0.25) is 0 Å². The van der Waals surface area contributed by atoms with E-state index in [1.165, 1.54) is 5.56 Å². The number of nitrogens with one attached hydrogen (secondary N) is 1. The van der Waals surface area contributed by atoms with Crippen LogP contribution in [0.1, 0.15) is 42.7 Å². The van der Waals surface area contributed by atoms with Crippen molar-refractivity contribution in [2.45, 2.75) is 33.6 Å². The Balaban J connectivity index is 2.21. The van der Waals surface area contributed by atoms with Crippen LogP contribution in [0.25, 0.3) is 0 Å². The second-order valence-corrected chi connectivity index (χ2v) is 5.43. The van der Waals surface area contributed by atoms with E-state index in [9.17, 15) is 4.79 Å². The maximum atomic E-state index is 12.2. The molecule has 0 unspecified atom stereocenters. The van der Waals surface area contributed by atoms with E-state index >= 15 is 0 Å². The van der Waals surface area contributed by atoms with E-state index in [0.717, 1.165) is 25.1 Å². The molecule has 0 fully saturated rings. The van der Waals surface area contributed by atoms with Crippen LogP contribution >= 0.6 is 0 Å². The summed E-state index contributed by atoms with van der Waals surface area (Å²) in [6.07, 6.45) is 3.65. The number of anilines is 2. The predicted octanol–water partition coefficient (Wildman–Crippen LogP) is 3.47. The number of aryl methyl sites for hydroxylation is 1. The van der Waals surface area contributed by atoms with Crippen LogP contribution in [0.15, 0.2) is 36.5 Å². The van der Waals surface area contributed by atoms with Gasteiger partial charge < -0.3 is 10.2 Å². The highest BCUT2D eigenvalue weighted by Crippen LogP contribution is 2.22. The lowest BCUT2D eigenvalue weighted by atomic mass is 10.2. The Morgan fingerprint density at radius 1 is 1.26 bits per heavy atom. The number of unbranched alkanes of at least 4 members (excludes halogenated alkanes) is 1. The fraction of sp³-hybridized carbons (Fsp3) is 0.389. The third-order valence-electron chi connectivity index (χ3n) is 3.56. The number of amides is 1. The maximum absolute atomic E-state index is 12.2. The molecule has 0 saturated carbocycles. The molecular formula is C18H24N4O. The van der Waals surface area contributed by atoms with E-state index in [-0.39, 0.29) is 5.91 Å². The largest absolute Gasteiger partial charge is 0.351 e. The van der Waals surface area contributed by atoms with Crippen molar-refractivity contribution < 1.29 is 4.79 Å². The average molecular weight is 312 g/mol. The standard InChI is InChI=1S/C18H24N4O/c1-4-6-11-19-17(23)16-10-12-20-18(21-16)22(5-2)15-9-7-8-14(3)13-15/h7-10,12-13H,4-6,11H2,1-3H3,(H,19,23). The van der Waals surface area contributed by atoms with Crippen molar-refractivity contribution in [1.29, 1.82) is 0 Å². The Kier molecular flexibility index (Phi) is 6.09. The Morgan fingerprint density at radius 2 is 2.09 bits per heavy atom. The van der Waals surface area contributed by atoms with E-state index < -0.39 is 0 Å². The number of rotatable bonds is 7. The molecule has 0 aliphatic carbocycles. The second-order valence-electron chi connectivity index (χ2n) is 5.43. The van der Waals surface area contributed by atoms with Gasteiger partial charge in [0.15, 0.2) is 0 Å². The van der Waals surface area contributed by atoms with Crippen LogP contribution in [0.4, 0.5) is 11.6 Å². The summed E-state index contributed by atoms with van der Waals surface area (Å²) in [6.45, 7) is 7.58. The molecule has 0 bridgehead atoms. The van der Waals surface area contributed by atoms with Gasteiger partial charge in [0.1, 0.15) is 5.69 Å². The Bertz CT molecular complexity index is 657. The molecule has 0 aliphatic rings. The summed E-state index contributed by atoms with van der Waals surface area (Å²) in [4.78, 5) is 22.9. The van der Waals surface area contributed by atoms with E-state index in [2.05, 4.69) is 41.3 Å². The summed E-state index contributed by atoms with van der Waals surface area (Å²) >= 11 is 0. The molecule has 1 aromatic heterocycles. The molecule has 0 aliphatic heterocycles. The summed E-state index contributed by atoms with van der Waals surface area (Å²) in [5.41, 5.74) is 2.60. The fourth-order valence-corrected chi connectivity index (χ4v) is 2.31. The van der Waals surface area contributed by atoms with Crippen molar-refractivity contribution in [3.8, 4) is 0 Å². The second kappa shape index (κ2) is 8.27. The highest BCUT2D eigenvalue weighted by molar-refractivity contribution is 5.92. The molecule has 0 spiro atoms. The number of carbonyl (C=O) groups is 1. The van der Waals surface area contributed by atoms with E-state index in [1.54, 1.807) is 12.3 Å². The normalized spacial score (nSPS) is 10.4. The van der Waals surface area contributed by atoms with Gasteiger partial charge >= 0.3 is 0 Å². The molecular weight excluding hydrogens is 288 g/mol. The van der Waals surface area contributed by atoms with Gasteiger partial charge in [0.25, 0.3) is 5.91 Å². The molecule has 2 rings (SSSR count). The molecule has 1 heterocycles. The first-order valence-electron chi connectivity index (χ1n) is 8.11. The third kappa shape index (κ3) is 4.52. The zero-order valence-electron chi connectivity index (χ0n) is 14.0. The van der Waals surface area contributed by atoms with Gasteiger partial charge in [-0.15, -0.1) is 0 Å². The number of aromatic nitrogens is 2. The van der Waals surface area contributed by atoms with Gasteiger partial charge in [-0.2, -0.15) is 0 Å². The minimum atomic E-state index is -0.151. The van der Waals surface area contributed by atoms with Crippen molar-refractivity contribution in [1.82, 2.24) is 15.3 Å². The van der Waals surface area contributed by atoms with Crippen molar-refractivity contribution >= 4 is 17.5 Å². The summed E-state index contributed by atoms with van der Waals surface area (Å²) in [7, 11) is 0. The SMILES string of the molecule is CCCCNC(=O)c1ccnc(N(CC)c2cccc(C)c2)n1. The van der Waals surface area contributed by atoms with Gasteiger partial charge in [-0.05, 0) is 44.0 Å².